The molecule has 1 nitrogen and oxygen atoms in total. The molecule has 0 aliphatic rings. The third-order valence-corrected chi connectivity index (χ3v) is 1.34. The zero-order valence-electron chi connectivity index (χ0n) is 4.97. The molecule has 0 spiro atoms. The fraction of sp³-hybridized carbons (Fsp3) is 0.667. The lowest BCUT2D eigenvalue weighted by molar-refractivity contribution is 0.174. The normalized spacial score (nSPS) is 14.9. The van der Waals surface area contributed by atoms with Crippen molar-refractivity contribution in [3.63, 3.8) is 0 Å². The molecule has 0 aliphatic carbocycles. The number of aliphatic hydroxyl groups excluding tert-OH is 1. The van der Waals surface area contributed by atoms with Crippen LogP contribution < -0.4 is 0 Å². The van der Waals surface area contributed by atoms with E-state index in [-0.39, 0.29) is 6.10 Å². The van der Waals surface area contributed by atoms with Gasteiger partial charge < -0.3 is 5.11 Å². The van der Waals surface area contributed by atoms with Crippen LogP contribution in [0.15, 0.2) is 11.1 Å². The Morgan fingerprint density at radius 2 is 2.38 bits per heavy atom. The second-order valence-electron chi connectivity index (χ2n) is 1.66. The number of aliphatic hydroxyl groups is 1. The number of hydrogen-bond donors (Lipinski definition) is 1. The molecule has 0 aliphatic heterocycles. The summed E-state index contributed by atoms with van der Waals surface area (Å²) < 4.78 is 0. The SMILES string of the molecule is CCC(O)C/C=C\Br. The standard InChI is InChI=1S/C6H11BrO/c1-2-6(8)4-3-5-7/h3,5-6,8H,2,4H2,1H3/b5-3-. The van der Waals surface area contributed by atoms with E-state index in [1.165, 1.54) is 0 Å². The first kappa shape index (κ1) is 8.18. The van der Waals surface area contributed by atoms with Crippen molar-refractivity contribution in [3.8, 4) is 0 Å². The molecule has 0 aromatic carbocycles. The minimum atomic E-state index is -0.163. The Balaban J connectivity index is 3.10. The van der Waals surface area contributed by atoms with Crippen LogP contribution in [0.3, 0.4) is 0 Å². The molecule has 1 atom stereocenters. The molecule has 0 heterocycles. The van der Waals surface area contributed by atoms with E-state index in [4.69, 9.17) is 5.11 Å². The second kappa shape index (κ2) is 5.32. The summed E-state index contributed by atoms with van der Waals surface area (Å²) in [5.74, 6) is 0. The van der Waals surface area contributed by atoms with Gasteiger partial charge in [0.2, 0.25) is 0 Å². The molecular weight excluding hydrogens is 168 g/mol. The highest BCUT2D eigenvalue weighted by Crippen LogP contribution is 1.98. The summed E-state index contributed by atoms with van der Waals surface area (Å²) >= 11 is 3.12. The lowest BCUT2D eigenvalue weighted by Gasteiger charge is -1.99. The van der Waals surface area contributed by atoms with Crippen LogP contribution in [0, 0.1) is 0 Å². The maximum atomic E-state index is 8.92. The van der Waals surface area contributed by atoms with Crippen LogP contribution >= 0.6 is 15.9 Å². The van der Waals surface area contributed by atoms with Crippen molar-refractivity contribution in [3.05, 3.63) is 11.1 Å². The molecule has 0 radical (unpaired) electrons. The predicted molar refractivity (Wildman–Crippen MR) is 39.0 cm³/mol. The summed E-state index contributed by atoms with van der Waals surface area (Å²) in [5.41, 5.74) is 0. The van der Waals surface area contributed by atoms with E-state index in [1.807, 2.05) is 13.0 Å². The van der Waals surface area contributed by atoms with Crippen molar-refractivity contribution in [2.75, 3.05) is 0 Å². The summed E-state index contributed by atoms with van der Waals surface area (Å²) in [7, 11) is 0. The molecule has 0 amide bonds. The highest BCUT2D eigenvalue weighted by atomic mass is 79.9. The number of rotatable bonds is 3. The predicted octanol–water partition coefficient (Wildman–Crippen LogP) is 2.06. The molecule has 0 aromatic rings. The largest absolute Gasteiger partial charge is 0.393 e. The molecule has 1 unspecified atom stereocenters. The van der Waals surface area contributed by atoms with Gasteiger partial charge in [-0.25, -0.2) is 0 Å². The smallest absolute Gasteiger partial charge is 0.0572 e. The van der Waals surface area contributed by atoms with E-state index in [0.717, 1.165) is 12.8 Å². The molecule has 0 saturated heterocycles. The van der Waals surface area contributed by atoms with Crippen LogP contribution in [0.2, 0.25) is 0 Å². The Morgan fingerprint density at radius 3 is 2.75 bits per heavy atom. The zero-order valence-corrected chi connectivity index (χ0v) is 6.56. The Kier molecular flexibility index (Phi) is 5.44. The highest BCUT2D eigenvalue weighted by Gasteiger charge is 1.93. The van der Waals surface area contributed by atoms with Gasteiger partial charge in [0.05, 0.1) is 6.10 Å². The quantitative estimate of drug-likeness (QED) is 0.702. The van der Waals surface area contributed by atoms with Crippen molar-refractivity contribution in [2.24, 2.45) is 0 Å². The van der Waals surface area contributed by atoms with E-state index in [2.05, 4.69) is 15.9 Å². The van der Waals surface area contributed by atoms with Crippen molar-refractivity contribution >= 4 is 15.9 Å². The fourth-order valence-electron chi connectivity index (χ4n) is 0.375. The first-order chi connectivity index (χ1) is 3.81. The maximum absolute atomic E-state index is 8.92. The van der Waals surface area contributed by atoms with E-state index in [1.54, 1.807) is 4.99 Å². The summed E-state index contributed by atoms with van der Waals surface area (Å²) in [6.45, 7) is 1.97. The van der Waals surface area contributed by atoms with Gasteiger partial charge >= 0.3 is 0 Å². The molecule has 0 aromatic heterocycles. The van der Waals surface area contributed by atoms with Crippen LogP contribution in [0.25, 0.3) is 0 Å². The first-order valence-electron chi connectivity index (χ1n) is 2.74. The zero-order chi connectivity index (χ0) is 6.41. The highest BCUT2D eigenvalue weighted by molar-refractivity contribution is 9.11. The fourth-order valence-corrected chi connectivity index (χ4v) is 0.591. The molecular formula is C6H11BrO. The second-order valence-corrected chi connectivity index (χ2v) is 2.19. The van der Waals surface area contributed by atoms with Gasteiger partial charge in [-0.1, -0.05) is 28.9 Å². The van der Waals surface area contributed by atoms with Crippen LogP contribution in [0.1, 0.15) is 19.8 Å². The number of hydrogen-bond acceptors (Lipinski definition) is 1. The van der Waals surface area contributed by atoms with Gasteiger partial charge in [0.1, 0.15) is 0 Å². The van der Waals surface area contributed by atoms with Crippen molar-refractivity contribution in [1.29, 1.82) is 0 Å². The minimum Gasteiger partial charge on any atom is -0.393 e. The van der Waals surface area contributed by atoms with Crippen molar-refractivity contribution in [2.45, 2.75) is 25.9 Å². The van der Waals surface area contributed by atoms with Gasteiger partial charge in [-0.05, 0) is 17.8 Å². The van der Waals surface area contributed by atoms with Crippen LogP contribution in [-0.4, -0.2) is 11.2 Å². The van der Waals surface area contributed by atoms with Crippen LogP contribution in [0.5, 0.6) is 0 Å². The number of halogens is 1. The van der Waals surface area contributed by atoms with E-state index < -0.39 is 0 Å². The molecule has 0 fully saturated rings. The van der Waals surface area contributed by atoms with Crippen LogP contribution in [-0.2, 0) is 0 Å². The summed E-state index contributed by atoms with van der Waals surface area (Å²) in [4.78, 5) is 1.77. The maximum Gasteiger partial charge on any atom is 0.0572 e. The Hall–Kier alpha value is 0.180. The summed E-state index contributed by atoms with van der Waals surface area (Å²) in [5, 5.41) is 8.92. The Labute approximate surface area is 58.5 Å². The van der Waals surface area contributed by atoms with Gasteiger partial charge in [-0.2, -0.15) is 0 Å². The molecule has 48 valence electrons. The summed E-state index contributed by atoms with van der Waals surface area (Å²) in [6, 6.07) is 0. The molecule has 1 N–H and O–H groups in total. The first-order valence-corrected chi connectivity index (χ1v) is 3.66. The topological polar surface area (TPSA) is 20.2 Å². The van der Waals surface area contributed by atoms with Gasteiger partial charge in [0.25, 0.3) is 0 Å². The van der Waals surface area contributed by atoms with Crippen molar-refractivity contribution in [1.82, 2.24) is 0 Å². The van der Waals surface area contributed by atoms with Gasteiger partial charge in [-0.15, -0.1) is 0 Å². The third kappa shape index (κ3) is 4.34. The Morgan fingerprint density at radius 1 is 1.75 bits per heavy atom. The average molecular weight is 179 g/mol. The van der Waals surface area contributed by atoms with E-state index in [0.29, 0.717) is 0 Å². The lowest BCUT2D eigenvalue weighted by atomic mass is 10.2. The molecule has 0 bridgehead atoms. The lowest BCUT2D eigenvalue weighted by Crippen LogP contribution is -2.00. The molecule has 2 heteroatoms. The molecule has 8 heavy (non-hydrogen) atoms. The molecule has 0 saturated carbocycles. The van der Waals surface area contributed by atoms with E-state index >= 15 is 0 Å². The monoisotopic (exact) mass is 178 g/mol. The van der Waals surface area contributed by atoms with Gasteiger partial charge in [0.15, 0.2) is 0 Å². The van der Waals surface area contributed by atoms with Gasteiger partial charge in [-0.3, -0.25) is 0 Å². The Bertz CT molecular complexity index is 70.9. The minimum absolute atomic E-state index is 0.163. The van der Waals surface area contributed by atoms with Crippen molar-refractivity contribution < 1.29 is 5.11 Å². The molecule has 0 rings (SSSR count). The third-order valence-electron chi connectivity index (χ3n) is 0.968. The van der Waals surface area contributed by atoms with Crippen LogP contribution in [0.4, 0.5) is 0 Å². The van der Waals surface area contributed by atoms with Gasteiger partial charge in [0, 0.05) is 0 Å². The summed E-state index contributed by atoms with van der Waals surface area (Å²) in [6.07, 6.45) is 3.32. The average Bonchev–Trinajstić information content (AvgIpc) is 1.83. The van der Waals surface area contributed by atoms with E-state index in [9.17, 15) is 0 Å².